The van der Waals surface area contributed by atoms with Crippen molar-refractivity contribution in [3.8, 4) is 16.9 Å². The number of carbonyl (C=O) groups excluding carboxylic acids is 4. The summed E-state index contributed by atoms with van der Waals surface area (Å²) in [4.78, 5) is 56.1. The molecule has 0 saturated heterocycles. The quantitative estimate of drug-likeness (QED) is 0.0195. The zero-order valence-corrected chi connectivity index (χ0v) is 44.5. The molecule has 0 amide bonds. The molecule has 0 bridgehead atoms. The number of aromatic amines is 1. The van der Waals surface area contributed by atoms with Gasteiger partial charge in [0.15, 0.2) is 17.2 Å². The number of halogens is 2. The smallest absolute Gasteiger partial charge is 0.463 e. The lowest BCUT2D eigenvalue weighted by atomic mass is 9.82. The number of ketones is 1. The Balaban J connectivity index is 0.877. The van der Waals surface area contributed by atoms with Crippen LogP contribution in [-0.2, 0) is 36.7 Å². The highest BCUT2D eigenvalue weighted by atomic mass is 19.2. The zero-order chi connectivity index (χ0) is 54.2. The van der Waals surface area contributed by atoms with E-state index in [1.807, 2.05) is 44.2 Å². The van der Waals surface area contributed by atoms with Gasteiger partial charge in [0.2, 0.25) is 0 Å². The van der Waals surface area contributed by atoms with E-state index in [4.69, 9.17) is 14.2 Å². The first-order valence-electron chi connectivity index (χ1n) is 27.3. The number of allylic oxidation sites excluding steroid dienone is 3. The van der Waals surface area contributed by atoms with E-state index in [-0.39, 0.29) is 31.8 Å². The molecule has 1 aliphatic heterocycles. The summed E-state index contributed by atoms with van der Waals surface area (Å²) in [6, 6.07) is 34.3. The van der Waals surface area contributed by atoms with Gasteiger partial charge in [-0.25, -0.2) is 9.59 Å². The van der Waals surface area contributed by atoms with Gasteiger partial charge in [0.1, 0.15) is 5.75 Å². The molecule has 0 saturated carbocycles. The van der Waals surface area contributed by atoms with E-state index in [1.165, 1.54) is 29.0 Å². The molecule has 1 aromatic heterocycles. The second-order valence-corrected chi connectivity index (χ2v) is 20.5. The molecule has 7 aromatic carbocycles. The minimum absolute atomic E-state index is 0.0234. The van der Waals surface area contributed by atoms with Gasteiger partial charge in [-0.15, -0.1) is 0 Å². The molecule has 9 nitrogen and oxygen atoms in total. The van der Waals surface area contributed by atoms with Crippen LogP contribution in [0.3, 0.4) is 0 Å². The molecule has 0 unspecified atom stereocenters. The molecule has 0 atom stereocenters. The summed E-state index contributed by atoms with van der Waals surface area (Å²) in [6.07, 6.45) is 12.6. The van der Waals surface area contributed by atoms with Crippen molar-refractivity contribution in [2.45, 2.75) is 98.3 Å². The number of hydrogen-bond donors (Lipinski definition) is 1. The number of rotatable bonds is 16. The number of H-pyrrole nitrogens is 1. The van der Waals surface area contributed by atoms with Crippen molar-refractivity contribution in [2.24, 2.45) is 0 Å². The molecule has 78 heavy (non-hydrogen) atoms. The van der Waals surface area contributed by atoms with E-state index in [0.29, 0.717) is 47.6 Å². The normalized spacial score (nSPS) is 15.4. The lowest BCUT2D eigenvalue weighted by Gasteiger charge is -2.23. The van der Waals surface area contributed by atoms with Crippen LogP contribution in [0.1, 0.15) is 121 Å². The van der Waals surface area contributed by atoms with Gasteiger partial charge in [0.05, 0.1) is 24.5 Å². The Bertz CT molecular complexity index is 3840. The van der Waals surface area contributed by atoms with Crippen molar-refractivity contribution in [1.82, 2.24) is 4.98 Å². The first-order valence-corrected chi connectivity index (χ1v) is 27.3. The lowest BCUT2D eigenvalue weighted by molar-refractivity contribution is -0.342. The number of nitrogens with one attached hydrogen (secondary N) is 1. The number of hydrogen-bond acceptors (Lipinski definition) is 7. The Hall–Kier alpha value is -8.25. The molecule has 0 fully saturated rings. The SMILES string of the molecule is CCOC(=O)/C=C/C1=[N+]([B-](F)F)C(=C(\c2[nH]c(/C=C/C(=O)OCC)c3c2CCCC3)c2c(C)cc(-c3ccc(OC(=O)CCCC(=O)c4ccc5c6cccc7cccc(c8cccc4c85)c76)cc3)cc2C)/C2=C1CCCC2. The van der Waals surface area contributed by atoms with Crippen molar-refractivity contribution < 1.29 is 46.5 Å². The largest absolute Gasteiger partial charge is 0.609 e. The summed E-state index contributed by atoms with van der Waals surface area (Å²) in [5.74, 6) is -1.15. The summed E-state index contributed by atoms with van der Waals surface area (Å²) in [6.45, 7) is 7.85. The Morgan fingerprint density at radius 1 is 0.641 bits per heavy atom. The molecule has 0 spiro atoms. The number of aromatic nitrogens is 1. The fraction of sp³-hybridized carbons (Fsp3) is 0.258. The number of nitrogens with zero attached hydrogens (tertiary/aromatic N) is 1. The van der Waals surface area contributed by atoms with Crippen molar-refractivity contribution in [2.75, 3.05) is 13.2 Å². The molecule has 2 heterocycles. The average Bonchev–Trinajstić information content (AvgIpc) is 4.16. The van der Waals surface area contributed by atoms with E-state index in [2.05, 4.69) is 65.6 Å². The van der Waals surface area contributed by atoms with Gasteiger partial charge in [0, 0.05) is 53.5 Å². The summed E-state index contributed by atoms with van der Waals surface area (Å²) in [5.41, 5.74) is 11.5. The number of carbonyl (C=O) groups is 4. The maximum atomic E-state index is 16.0. The van der Waals surface area contributed by atoms with Crippen LogP contribution in [-0.4, -0.2) is 59.5 Å². The van der Waals surface area contributed by atoms with Crippen LogP contribution in [0, 0.1) is 13.8 Å². The van der Waals surface area contributed by atoms with Gasteiger partial charge < -0.3 is 32.3 Å². The summed E-state index contributed by atoms with van der Waals surface area (Å²) < 4.78 is 49.4. The number of esters is 3. The molecule has 11 rings (SSSR count). The van der Waals surface area contributed by atoms with Crippen LogP contribution in [0.4, 0.5) is 8.63 Å². The van der Waals surface area contributed by atoms with Gasteiger partial charge in [-0.3, -0.25) is 9.59 Å². The van der Waals surface area contributed by atoms with Crippen molar-refractivity contribution in [3.05, 3.63) is 183 Å². The second kappa shape index (κ2) is 22.0. The predicted molar refractivity (Wildman–Crippen MR) is 306 cm³/mol. The maximum absolute atomic E-state index is 16.0. The number of fused-ring (bicyclic) bond motifs is 3. The summed E-state index contributed by atoms with van der Waals surface area (Å²) in [5, 5.41) is 8.94. The molecule has 3 aliphatic rings. The van der Waals surface area contributed by atoms with Gasteiger partial charge in [-0.2, -0.15) is 0 Å². The first kappa shape index (κ1) is 51.8. The highest BCUT2D eigenvalue weighted by Crippen LogP contribution is 2.47. The molecule has 2 aliphatic carbocycles. The van der Waals surface area contributed by atoms with E-state index in [9.17, 15) is 19.2 Å². The first-order chi connectivity index (χ1) is 37.9. The Morgan fingerprint density at radius 2 is 1.23 bits per heavy atom. The van der Waals surface area contributed by atoms with Crippen LogP contribution < -0.4 is 4.74 Å². The van der Waals surface area contributed by atoms with Gasteiger partial charge >= 0.3 is 25.3 Å². The number of ether oxygens (including phenoxy) is 3. The molecule has 1 radical (unpaired) electrons. The predicted octanol–water partition coefficient (Wildman–Crippen LogP) is 14.9. The van der Waals surface area contributed by atoms with Crippen molar-refractivity contribution in [1.29, 1.82) is 0 Å². The molecule has 8 aromatic rings. The molecule has 12 heteroatoms. The third-order valence-corrected chi connectivity index (χ3v) is 15.7. The van der Waals surface area contributed by atoms with Crippen LogP contribution >= 0.6 is 0 Å². The van der Waals surface area contributed by atoms with Crippen LogP contribution in [0.15, 0.2) is 138 Å². The third-order valence-electron chi connectivity index (χ3n) is 15.7. The number of aryl methyl sites for hydroxylation is 2. The van der Waals surface area contributed by atoms with Crippen molar-refractivity contribution >= 4 is 91.5 Å². The fourth-order valence-corrected chi connectivity index (χ4v) is 12.5. The average molecular weight is 1040 g/mol. The second-order valence-electron chi connectivity index (χ2n) is 20.5. The molecule has 1 N–H and O–H groups in total. The third kappa shape index (κ3) is 9.66. The fourth-order valence-electron chi connectivity index (χ4n) is 12.5. The van der Waals surface area contributed by atoms with E-state index in [0.717, 1.165) is 137 Å². The summed E-state index contributed by atoms with van der Waals surface area (Å²) in [7, 11) is -2.95. The highest BCUT2D eigenvalue weighted by Gasteiger charge is 2.42. The summed E-state index contributed by atoms with van der Waals surface area (Å²) >= 11 is 0. The topological polar surface area (TPSA) is 115 Å². The van der Waals surface area contributed by atoms with Gasteiger partial charge in [-0.05, 0) is 186 Å². The Kier molecular flexibility index (Phi) is 14.6. The molecule has 393 valence electrons. The van der Waals surface area contributed by atoms with Gasteiger partial charge in [0.25, 0.3) is 0 Å². The number of Topliss-reactive ketones (excluding diaryl/α,β-unsaturated/α-hetero) is 1. The van der Waals surface area contributed by atoms with E-state index in [1.54, 1.807) is 32.1 Å². The maximum Gasteiger partial charge on any atom is 0.609 e. The van der Waals surface area contributed by atoms with E-state index >= 15 is 8.63 Å². The standard InChI is InChI=1S/C66H59BF2N2O7/c1-5-76-58(73)35-33-55-45-17-7-9-19-53(45)65(70-55)64(66-54-20-10-8-18-46(54)56(71(66)67(68)69)34-36-59(74)77-6-2)61-39(3)37-43(38-40(61)4)41-27-29-44(30-28-41)78-60(75)26-14-25-57(72)47-31-32-52-50-22-12-16-42-15-11-21-49(62(42)50)51-24-13-23-48(47)63(51)52/h11-13,15-16,21-24,27-38H,5-10,14,17-20,25-26H2,1-4H3/q-1/p+1. The minimum Gasteiger partial charge on any atom is -0.463 e. The Labute approximate surface area is 452 Å². The minimum atomic E-state index is -2.95. The van der Waals surface area contributed by atoms with Crippen LogP contribution in [0.25, 0.3) is 65.9 Å². The molecular weight excluding hydrogens is 982 g/mol. The monoisotopic (exact) mass is 1040 g/mol. The number of benzene rings is 7. The van der Waals surface area contributed by atoms with Crippen LogP contribution in [0.5, 0.6) is 5.75 Å². The van der Waals surface area contributed by atoms with Crippen LogP contribution in [0.2, 0.25) is 0 Å². The zero-order valence-electron chi connectivity index (χ0n) is 44.5. The Morgan fingerprint density at radius 3 is 1.90 bits per heavy atom. The molecular formula is C66H60BF2N2O7. The highest BCUT2D eigenvalue weighted by molar-refractivity contribution is 6.37. The van der Waals surface area contributed by atoms with E-state index < -0.39 is 25.3 Å². The van der Waals surface area contributed by atoms with Gasteiger partial charge in [-0.1, -0.05) is 91.0 Å². The lowest BCUT2D eigenvalue weighted by Crippen LogP contribution is -2.26. The van der Waals surface area contributed by atoms with Crippen molar-refractivity contribution in [3.63, 3.8) is 0 Å².